The maximum absolute atomic E-state index is 12.9. The molecule has 0 radical (unpaired) electrons. The van der Waals surface area contributed by atoms with Gasteiger partial charge in [0, 0.05) is 10.9 Å². The van der Waals surface area contributed by atoms with E-state index in [1.165, 1.54) is 17.7 Å². The monoisotopic (exact) mass is 287 g/mol. The van der Waals surface area contributed by atoms with Crippen molar-refractivity contribution in [1.82, 2.24) is 4.98 Å². The number of thiophene rings is 1. The Balaban J connectivity index is 1.81. The lowest BCUT2D eigenvalue weighted by Crippen LogP contribution is -1.79. The molecule has 1 aromatic carbocycles. The highest BCUT2D eigenvalue weighted by molar-refractivity contribution is 7.11. The lowest BCUT2D eigenvalue weighted by atomic mass is 10.2. The van der Waals surface area contributed by atoms with Gasteiger partial charge in [0.2, 0.25) is 0 Å². The molecular weight excluding hydrogens is 277 g/mol. The summed E-state index contributed by atoms with van der Waals surface area (Å²) in [5.41, 5.74) is 3.01. The third-order valence-electron chi connectivity index (χ3n) is 2.62. The fraction of sp³-hybridized carbons (Fsp3) is 0. The number of benzene rings is 1. The molecule has 0 aliphatic heterocycles. The zero-order chi connectivity index (χ0) is 13.1. The largest absolute Gasteiger partial charge is 0.237 e. The summed E-state index contributed by atoms with van der Waals surface area (Å²) in [7, 11) is 0. The Morgan fingerprint density at radius 3 is 2.58 bits per heavy atom. The Hall–Kier alpha value is -1.78. The van der Waals surface area contributed by atoms with Crippen molar-refractivity contribution in [1.29, 1.82) is 0 Å². The van der Waals surface area contributed by atoms with Gasteiger partial charge in [0.25, 0.3) is 0 Å². The van der Waals surface area contributed by atoms with Gasteiger partial charge in [-0.1, -0.05) is 6.08 Å². The maximum Gasteiger partial charge on any atom is 0.123 e. The van der Waals surface area contributed by atoms with Crippen molar-refractivity contribution in [3.8, 4) is 11.3 Å². The molecule has 0 saturated carbocycles. The van der Waals surface area contributed by atoms with Gasteiger partial charge in [0.15, 0.2) is 0 Å². The van der Waals surface area contributed by atoms with Crippen molar-refractivity contribution in [3.63, 3.8) is 0 Å². The molecule has 0 fully saturated rings. The second kappa shape index (κ2) is 5.47. The summed E-state index contributed by atoms with van der Waals surface area (Å²) < 4.78 is 12.9. The molecule has 0 saturated heterocycles. The molecule has 19 heavy (non-hydrogen) atoms. The molecule has 1 nitrogen and oxygen atoms in total. The number of hydrogen-bond acceptors (Lipinski definition) is 3. The van der Waals surface area contributed by atoms with E-state index in [-0.39, 0.29) is 5.82 Å². The Bertz CT molecular complexity index is 681. The second-order valence-corrected chi connectivity index (χ2v) is 5.64. The highest BCUT2D eigenvalue weighted by atomic mass is 32.1. The number of aromatic nitrogens is 1. The fourth-order valence-electron chi connectivity index (χ4n) is 1.65. The molecule has 0 spiro atoms. The van der Waals surface area contributed by atoms with Crippen LogP contribution in [-0.2, 0) is 0 Å². The standard InChI is InChI=1S/C15H10FNS2/c16-13-4-2-12(3-5-13)14-10-19-15(17-14)6-1-11-7-8-18-9-11/h1-10H/b6-1+. The van der Waals surface area contributed by atoms with Gasteiger partial charge in [0.1, 0.15) is 10.8 Å². The van der Waals surface area contributed by atoms with Crippen LogP contribution in [0.5, 0.6) is 0 Å². The van der Waals surface area contributed by atoms with Crippen LogP contribution >= 0.6 is 22.7 Å². The van der Waals surface area contributed by atoms with Crippen LogP contribution in [0.15, 0.2) is 46.5 Å². The van der Waals surface area contributed by atoms with Crippen LogP contribution in [0.25, 0.3) is 23.4 Å². The normalized spacial score (nSPS) is 11.2. The van der Waals surface area contributed by atoms with Crippen molar-refractivity contribution in [2.45, 2.75) is 0 Å². The minimum absolute atomic E-state index is 0.225. The first kappa shape index (κ1) is 12.3. The van der Waals surface area contributed by atoms with E-state index in [1.54, 1.807) is 34.8 Å². The first-order chi connectivity index (χ1) is 9.31. The van der Waals surface area contributed by atoms with Gasteiger partial charge in [0.05, 0.1) is 5.69 Å². The van der Waals surface area contributed by atoms with Crippen LogP contribution in [0.2, 0.25) is 0 Å². The third kappa shape index (κ3) is 2.97. The van der Waals surface area contributed by atoms with E-state index in [2.05, 4.69) is 16.4 Å². The van der Waals surface area contributed by atoms with Gasteiger partial charge in [-0.25, -0.2) is 9.37 Å². The molecule has 0 N–H and O–H groups in total. The van der Waals surface area contributed by atoms with Gasteiger partial charge in [-0.05, 0) is 52.7 Å². The van der Waals surface area contributed by atoms with Crippen molar-refractivity contribution in [3.05, 3.63) is 62.9 Å². The van der Waals surface area contributed by atoms with Crippen molar-refractivity contribution >= 4 is 34.8 Å². The van der Waals surface area contributed by atoms with Gasteiger partial charge < -0.3 is 0 Å². The van der Waals surface area contributed by atoms with Crippen molar-refractivity contribution < 1.29 is 4.39 Å². The van der Waals surface area contributed by atoms with Crippen LogP contribution in [0.4, 0.5) is 4.39 Å². The van der Waals surface area contributed by atoms with Crippen LogP contribution < -0.4 is 0 Å². The van der Waals surface area contributed by atoms with E-state index >= 15 is 0 Å². The second-order valence-electron chi connectivity index (χ2n) is 3.97. The molecule has 0 aliphatic rings. The molecule has 4 heteroatoms. The Labute approximate surface area is 118 Å². The third-order valence-corrected chi connectivity index (χ3v) is 4.13. The van der Waals surface area contributed by atoms with E-state index in [0.717, 1.165) is 16.3 Å². The molecule has 0 amide bonds. The zero-order valence-electron chi connectivity index (χ0n) is 9.92. The lowest BCUT2D eigenvalue weighted by Gasteiger charge is -1.94. The van der Waals surface area contributed by atoms with Crippen molar-refractivity contribution in [2.75, 3.05) is 0 Å². The molecule has 2 aromatic heterocycles. The SMILES string of the molecule is Fc1ccc(-c2csc(/C=C/c3ccsc3)n2)cc1. The van der Waals surface area contributed by atoms with E-state index in [0.29, 0.717) is 0 Å². The Morgan fingerprint density at radius 2 is 1.84 bits per heavy atom. The summed E-state index contributed by atoms with van der Waals surface area (Å²) in [5, 5.41) is 7.07. The number of rotatable bonds is 3. The van der Waals surface area contributed by atoms with Gasteiger partial charge in [-0.2, -0.15) is 11.3 Å². The zero-order valence-corrected chi connectivity index (χ0v) is 11.5. The summed E-state index contributed by atoms with van der Waals surface area (Å²) in [5.74, 6) is -0.225. The van der Waals surface area contributed by atoms with Crippen LogP contribution in [0.3, 0.4) is 0 Å². The van der Waals surface area contributed by atoms with Crippen molar-refractivity contribution in [2.24, 2.45) is 0 Å². The Morgan fingerprint density at radius 1 is 1.00 bits per heavy atom. The summed E-state index contributed by atoms with van der Waals surface area (Å²) in [6.07, 6.45) is 4.05. The molecule has 2 heterocycles. The molecule has 0 bridgehead atoms. The average molecular weight is 287 g/mol. The molecule has 3 aromatic rings. The minimum atomic E-state index is -0.225. The van der Waals surface area contributed by atoms with E-state index < -0.39 is 0 Å². The summed E-state index contributed by atoms with van der Waals surface area (Å²) in [6.45, 7) is 0. The summed E-state index contributed by atoms with van der Waals surface area (Å²) in [4.78, 5) is 4.52. The molecule has 0 atom stereocenters. The van der Waals surface area contributed by atoms with E-state index in [4.69, 9.17) is 0 Å². The smallest absolute Gasteiger partial charge is 0.123 e. The molecule has 0 unspecified atom stereocenters. The molecule has 3 rings (SSSR count). The summed E-state index contributed by atoms with van der Waals surface area (Å²) >= 11 is 3.26. The predicted octanol–water partition coefficient (Wildman–Crippen LogP) is 5.18. The Kier molecular flexibility index (Phi) is 3.53. The molecule has 0 aliphatic carbocycles. The van der Waals surface area contributed by atoms with E-state index in [9.17, 15) is 4.39 Å². The van der Waals surface area contributed by atoms with Crippen LogP contribution in [-0.4, -0.2) is 4.98 Å². The van der Waals surface area contributed by atoms with Gasteiger partial charge in [-0.15, -0.1) is 11.3 Å². The predicted molar refractivity (Wildman–Crippen MR) is 80.8 cm³/mol. The van der Waals surface area contributed by atoms with Crippen LogP contribution in [0.1, 0.15) is 10.6 Å². The number of nitrogens with zero attached hydrogens (tertiary/aromatic N) is 1. The lowest BCUT2D eigenvalue weighted by molar-refractivity contribution is 0.628. The summed E-state index contributed by atoms with van der Waals surface area (Å²) in [6, 6.07) is 8.47. The fourth-order valence-corrected chi connectivity index (χ4v) is 3.00. The van der Waals surface area contributed by atoms with Gasteiger partial charge >= 0.3 is 0 Å². The first-order valence-corrected chi connectivity index (χ1v) is 7.55. The minimum Gasteiger partial charge on any atom is -0.237 e. The number of hydrogen-bond donors (Lipinski definition) is 0. The molecular formula is C15H10FNS2. The van der Waals surface area contributed by atoms with Gasteiger partial charge in [-0.3, -0.25) is 0 Å². The average Bonchev–Trinajstić information content (AvgIpc) is 3.09. The highest BCUT2D eigenvalue weighted by Gasteiger charge is 2.02. The topological polar surface area (TPSA) is 12.9 Å². The van der Waals surface area contributed by atoms with E-state index in [1.807, 2.05) is 22.9 Å². The highest BCUT2D eigenvalue weighted by Crippen LogP contribution is 2.23. The number of thiazole rings is 1. The molecule has 94 valence electrons. The maximum atomic E-state index is 12.9. The van der Waals surface area contributed by atoms with Crippen LogP contribution in [0, 0.1) is 5.82 Å². The number of halogens is 1. The first-order valence-electron chi connectivity index (χ1n) is 5.73. The quantitative estimate of drug-likeness (QED) is 0.646.